The fourth-order valence-electron chi connectivity index (χ4n) is 5.52. The van der Waals surface area contributed by atoms with Crippen molar-refractivity contribution >= 4 is 0 Å². The summed E-state index contributed by atoms with van der Waals surface area (Å²) in [5.74, 6) is 0. The fourth-order valence-corrected chi connectivity index (χ4v) is 5.52. The molecular formula is C30H61NO4. The Balaban J connectivity index is 2.53. The van der Waals surface area contributed by atoms with Gasteiger partial charge in [-0.1, -0.05) is 65.7 Å². The van der Waals surface area contributed by atoms with E-state index in [1.807, 2.05) is 0 Å². The molecule has 1 N–H and O–H groups in total. The minimum absolute atomic E-state index is 0.0852. The molecule has 1 saturated heterocycles. The largest absolute Gasteiger partial charge is 0.375 e. The van der Waals surface area contributed by atoms with Crippen molar-refractivity contribution in [2.45, 2.75) is 194 Å². The van der Waals surface area contributed by atoms with Gasteiger partial charge in [0.2, 0.25) is 0 Å². The molecule has 0 aromatic carbocycles. The Kier molecular flexibility index (Phi) is 15.6. The van der Waals surface area contributed by atoms with Gasteiger partial charge < -0.3 is 19.4 Å². The lowest BCUT2D eigenvalue weighted by Gasteiger charge is -2.51. The predicted molar refractivity (Wildman–Crippen MR) is 147 cm³/mol. The fraction of sp³-hybridized carbons (Fsp3) is 1.00. The van der Waals surface area contributed by atoms with Crippen LogP contribution in [0.3, 0.4) is 0 Å². The van der Waals surface area contributed by atoms with E-state index in [9.17, 15) is 5.21 Å². The molecule has 4 unspecified atom stereocenters. The number of hydrogen-bond donors (Lipinski definition) is 1. The van der Waals surface area contributed by atoms with E-state index in [0.717, 1.165) is 38.5 Å². The molecule has 0 aromatic heterocycles. The first-order valence-corrected chi connectivity index (χ1v) is 14.9. The molecule has 0 amide bonds. The Morgan fingerprint density at radius 1 is 0.771 bits per heavy atom. The maximum atomic E-state index is 10.6. The normalized spacial score (nSPS) is 22.1. The van der Waals surface area contributed by atoms with Crippen molar-refractivity contribution in [2.24, 2.45) is 0 Å². The highest BCUT2D eigenvalue weighted by molar-refractivity contribution is 4.97. The summed E-state index contributed by atoms with van der Waals surface area (Å²) in [5.41, 5.74) is -0.587. The van der Waals surface area contributed by atoms with Crippen LogP contribution in [0.5, 0.6) is 0 Å². The van der Waals surface area contributed by atoms with Gasteiger partial charge in [-0.25, -0.2) is 0 Å². The molecule has 1 aliphatic rings. The van der Waals surface area contributed by atoms with Crippen LogP contribution < -0.4 is 0 Å². The standard InChI is InChI=1S/C30H61NO4/c1-10-13-14-15-16-17-18-19-20-28(33-24(4)11-2)34-25(5)21-26(12-3)35-27-22-29(6,7)31(32)30(8,9)23-27/h24-28,32H,10-23H2,1-9H3. The minimum Gasteiger partial charge on any atom is -0.375 e. The van der Waals surface area contributed by atoms with Crippen LogP contribution in [0.4, 0.5) is 0 Å². The lowest BCUT2D eigenvalue weighted by molar-refractivity contribution is -0.266. The molecular weight excluding hydrogens is 438 g/mol. The van der Waals surface area contributed by atoms with Crippen molar-refractivity contribution in [3.8, 4) is 0 Å². The Hall–Kier alpha value is -0.200. The molecule has 1 heterocycles. The van der Waals surface area contributed by atoms with Crippen LogP contribution in [-0.4, -0.2) is 52.1 Å². The Morgan fingerprint density at radius 2 is 1.29 bits per heavy atom. The van der Waals surface area contributed by atoms with Crippen molar-refractivity contribution in [1.29, 1.82) is 0 Å². The van der Waals surface area contributed by atoms with Gasteiger partial charge in [-0.05, 0) is 86.5 Å². The molecule has 35 heavy (non-hydrogen) atoms. The van der Waals surface area contributed by atoms with Crippen LogP contribution in [0.1, 0.15) is 152 Å². The van der Waals surface area contributed by atoms with E-state index in [1.165, 1.54) is 56.4 Å². The van der Waals surface area contributed by atoms with Gasteiger partial charge in [-0.2, -0.15) is 5.06 Å². The van der Waals surface area contributed by atoms with Crippen LogP contribution in [0.2, 0.25) is 0 Å². The molecule has 1 rings (SSSR count). The maximum Gasteiger partial charge on any atom is 0.158 e. The lowest BCUT2D eigenvalue weighted by Crippen LogP contribution is -2.60. The molecule has 0 aromatic rings. The molecule has 0 aliphatic carbocycles. The number of nitrogens with zero attached hydrogens (tertiary/aromatic N) is 1. The number of hydroxylamine groups is 2. The van der Waals surface area contributed by atoms with Crippen molar-refractivity contribution in [3.05, 3.63) is 0 Å². The van der Waals surface area contributed by atoms with E-state index in [-0.39, 0.29) is 41.8 Å². The Labute approximate surface area is 218 Å². The predicted octanol–water partition coefficient (Wildman–Crippen LogP) is 8.66. The molecule has 0 bridgehead atoms. The van der Waals surface area contributed by atoms with Crippen molar-refractivity contribution in [2.75, 3.05) is 0 Å². The summed E-state index contributed by atoms with van der Waals surface area (Å²) in [7, 11) is 0. The van der Waals surface area contributed by atoms with Crippen LogP contribution in [-0.2, 0) is 14.2 Å². The van der Waals surface area contributed by atoms with Crippen LogP contribution in [0.15, 0.2) is 0 Å². The topological polar surface area (TPSA) is 51.2 Å². The van der Waals surface area contributed by atoms with Crippen LogP contribution in [0.25, 0.3) is 0 Å². The third kappa shape index (κ3) is 12.7. The number of hydrogen-bond acceptors (Lipinski definition) is 5. The summed E-state index contributed by atoms with van der Waals surface area (Å²) in [4.78, 5) is 0. The number of rotatable bonds is 19. The van der Waals surface area contributed by atoms with Crippen LogP contribution in [0, 0.1) is 0 Å². The number of ether oxygens (including phenoxy) is 3. The second kappa shape index (κ2) is 16.6. The van der Waals surface area contributed by atoms with Gasteiger partial charge in [0.25, 0.3) is 0 Å². The lowest BCUT2D eigenvalue weighted by atomic mass is 9.80. The molecule has 0 radical (unpaired) electrons. The van der Waals surface area contributed by atoms with Crippen molar-refractivity contribution < 1.29 is 19.4 Å². The monoisotopic (exact) mass is 499 g/mol. The third-order valence-corrected chi connectivity index (χ3v) is 7.67. The first kappa shape index (κ1) is 32.8. The summed E-state index contributed by atoms with van der Waals surface area (Å²) in [6, 6.07) is 0. The van der Waals surface area contributed by atoms with Gasteiger partial charge in [0.05, 0.1) is 24.4 Å². The van der Waals surface area contributed by atoms with E-state index < -0.39 is 0 Å². The summed E-state index contributed by atoms with van der Waals surface area (Å²) < 4.78 is 19.3. The first-order valence-electron chi connectivity index (χ1n) is 14.9. The van der Waals surface area contributed by atoms with E-state index in [0.29, 0.717) is 0 Å². The second-order valence-corrected chi connectivity index (χ2v) is 12.4. The summed E-state index contributed by atoms with van der Waals surface area (Å²) in [6.45, 7) is 19.3. The molecule has 210 valence electrons. The summed E-state index contributed by atoms with van der Waals surface area (Å²) >= 11 is 0. The van der Waals surface area contributed by atoms with E-state index in [4.69, 9.17) is 14.2 Å². The van der Waals surface area contributed by atoms with Gasteiger partial charge >= 0.3 is 0 Å². The highest BCUT2D eigenvalue weighted by Gasteiger charge is 2.45. The highest BCUT2D eigenvalue weighted by atomic mass is 16.7. The second-order valence-electron chi connectivity index (χ2n) is 12.4. The average Bonchev–Trinajstić information content (AvgIpc) is 2.78. The van der Waals surface area contributed by atoms with Crippen LogP contribution >= 0.6 is 0 Å². The molecule has 1 aliphatic heterocycles. The van der Waals surface area contributed by atoms with Gasteiger partial charge in [0, 0.05) is 11.1 Å². The SMILES string of the molecule is CCCCCCCCCCC(OC(C)CC)OC(C)CC(CC)OC1CC(C)(C)N(O)C(C)(C)C1. The van der Waals surface area contributed by atoms with Gasteiger partial charge in [-0.3, -0.25) is 0 Å². The molecule has 0 saturated carbocycles. The zero-order valence-electron chi connectivity index (χ0n) is 24.9. The van der Waals surface area contributed by atoms with Crippen molar-refractivity contribution in [1.82, 2.24) is 5.06 Å². The molecule has 5 nitrogen and oxygen atoms in total. The van der Waals surface area contributed by atoms with Gasteiger partial charge in [-0.15, -0.1) is 0 Å². The minimum atomic E-state index is -0.294. The van der Waals surface area contributed by atoms with E-state index in [1.54, 1.807) is 0 Å². The Morgan fingerprint density at radius 3 is 1.80 bits per heavy atom. The quantitative estimate of drug-likeness (QED) is 0.142. The highest BCUT2D eigenvalue weighted by Crippen LogP contribution is 2.38. The molecule has 1 fully saturated rings. The third-order valence-electron chi connectivity index (χ3n) is 7.67. The van der Waals surface area contributed by atoms with Crippen molar-refractivity contribution in [3.63, 3.8) is 0 Å². The maximum absolute atomic E-state index is 10.6. The summed E-state index contributed by atoms with van der Waals surface area (Å²) in [5, 5.41) is 12.1. The van der Waals surface area contributed by atoms with Gasteiger partial charge in [0.1, 0.15) is 0 Å². The summed E-state index contributed by atoms with van der Waals surface area (Å²) in [6.07, 6.45) is 16.5. The molecule has 4 atom stereocenters. The van der Waals surface area contributed by atoms with E-state index >= 15 is 0 Å². The number of unbranched alkanes of at least 4 members (excludes halogenated alkanes) is 7. The smallest absolute Gasteiger partial charge is 0.158 e. The average molecular weight is 500 g/mol. The van der Waals surface area contributed by atoms with Gasteiger partial charge in [0.15, 0.2) is 6.29 Å². The molecule has 0 spiro atoms. The Bertz CT molecular complexity index is 520. The first-order chi connectivity index (χ1) is 16.4. The number of piperidine rings is 1. The molecule has 5 heteroatoms. The zero-order chi connectivity index (χ0) is 26.5. The zero-order valence-corrected chi connectivity index (χ0v) is 24.9. The van der Waals surface area contributed by atoms with E-state index in [2.05, 4.69) is 62.3 Å².